The molecular formula is C17H13N5O. The molecule has 1 aromatic carbocycles. The molecule has 0 saturated carbocycles. The van der Waals surface area contributed by atoms with E-state index in [0.717, 1.165) is 11.3 Å². The molecule has 0 fully saturated rings. The molecule has 0 aliphatic carbocycles. The summed E-state index contributed by atoms with van der Waals surface area (Å²) in [4.78, 5) is 12.1. The highest BCUT2D eigenvalue weighted by atomic mass is 16.5. The topological polar surface area (TPSA) is 83.7 Å². The molecular weight excluding hydrogens is 290 g/mol. The molecule has 0 aliphatic rings. The molecule has 3 rings (SSSR count). The van der Waals surface area contributed by atoms with Gasteiger partial charge in [0.05, 0.1) is 0 Å². The summed E-state index contributed by atoms with van der Waals surface area (Å²) in [7, 11) is 0. The monoisotopic (exact) mass is 303 g/mol. The molecule has 112 valence electrons. The van der Waals surface area contributed by atoms with E-state index in [4.69, 9.17) is 10.00 Å². The second-order valence-electron chi connectivity index (χ2n) is 4.67. The number of hydrogen-bond acceptors (Lipinski definition) is 6. The summed E-state index contributed by atoms with van der Waals surface area (Å²) in [5.41, 5.74) is 2.01. The van der Waals surface area contributed by atoms with Crippen LogP contribution in [0.2, 0.25) is 0 Å². The smallest absolute Gasteiger partial charge is 0.183 e. The van der Waals surface area contributed by atoms with Gasteiger partial charge in [-0.2, -0.15) is 5.26 Å². The molecule has 3 aromatic rings. The Morgan fingerprint density at radius 2 is 2.00 bits per heavy atom. The van der Waals surface area contributed by atoms with Crippen molar-refractivity contribution in [1.82, 2.24) is 15.0 Å². The van der Waals surface area contributed by atoms with Gasteiger partial charge in [0.15, 0.2) is 11.5 Å². The van der Waals surface area contributed by atoms with Crippen LogP contribution < -0.4 is 10.1 Å². The van der Waals surface area contributed by atoms with Crippen molar-refractivity contribution in [3.05, 3.63) is 72.4 Å². The number of hydrogen-bond donors (Lipinski definition) is 1. The Morgan fingerprint density at radius 3 is 2.83 bits per heavy atom. The minimum atomic E-state index is 0.245. The number of nitrogens with zero attached hydrogens (tertiary/aromatic N) is 4. The van der Waals surface area contributed by atoms with Gasteiger partial charge in [-0.25, -0.2) is 9.97 Å². The van der Waals surface area contributed by atoms with Gasteiger partial charge >= 0.3 is 0 Å². The van der Waals surface area contributed by atoms with Crippen LogP contribution in [0.3, 0.4) is 0 Å². The Balaban J connectivity index is 1.71. The van der Waals surface area contributed by atoms with Crippen LogP contribution in [-0.4, -0.2) is 15.0 Å². The lowest BCUT2D eigenvalue weighted by atomic mass is 10.3. The van der Waals surface area contributed by atoms with Crippen LogP contribution in [0.5, 0.6) is 5.75 Å². The maximum absolute atomic E-state index is 9.04. The van der Waals surface area contributed by atoms with Crippen molar-refractivity contribution in [3.8, 4) is 11.8 Å². The van der Waals surface area contributed by atoms with E-state index in [-0.39, 0.29) is 5.69 Å². The quantitative estimate of drug-likeness (QED) is 0.780. The fraction of sp³-hybridized carbons (Fsp3) is 0.0588. The van der Waals surface area contributed by atoms with Crippen molar-refractivity contribution >= 4 is 11.5 Å². The standard InChI is InChI=1S/C17H13N5O/c18-10-16-17(21-8-7-20-16)22-14-4-1-5-15(9-14)23-12-13-3-2-6-19-11-13/h1-9,11H,12H2,(H,21,22). The van der Waals surface area contributed by atoms with Gasteiger partial charge in [-0.1, -0.05) is 12.1 Å². The summed E-state index contributed by atoms with van der Waals surface area (Å²) >= 11 is 0. The molecule has 0 atom stereocenters. The Kier molecular flexibility index (Phi) is 4.41. The largest absolute Gasteiger partial charge is 0.489 e. The Bertz CT molecular complexity index is 830. The molecule has 0 unspecified atom stereocenters. The zero-order valence-electron chi connectivity index (χ0n) is 12.2. The van der Waals surface area contributed by atoms with Gasteiger partial charge in [-0.05, 0) is 18.2 Å². The number of anilines is 2. The highest BCUT2D eigenvalue weighted by molar-refractivity contribution is 5.61. The molecule has 2 aromatic heterocycles. The molecule has 6 nitrogen and oxygen atoms in total. The predicted molar refractivity (Wildman–Crippen MR) is 85.0 cm³/mol. The van der Waals surface area contributed by atoms with Gasteiger partial charge in [0.1, 0.15) is 18.4 Å². The third kappa shape index (κ3) is 3.80. The van der Waals surface area contributed by atoms with Gasteiger partial charge in [0.2, 0.25) is 0 Å². The number of pyridine rings is 1. The van der Waals surface area contributed by atoms with Crippen molar-refractivity contribution in [3.63, 3.8) is 0 Å². The summed E-state index contributed by atoms with van der Waals surface area (Å²) in [6.45, 7) is 0.436. The molecule has 2 heterocycles. The average Bonchev–Trinajstić information content (AvgIpc) is 2.62. The van der Waals surface area contributed by atoms with Crippen LogP contribution in [-0.2, 0) is 6.61 Å². The van der Waals surface area contributed by atoms with Gasteiger partial charge in [-0.15, -0.1) is 0 Å². The van der Waals surface area contributed by atoms with E-state index in [2.05, 4.69) is 20.3 Å². The van der Waals surface area contributed by atoms with Crippen molar-refractivity contribution in [1.29, 1.82) is 5.26 Å². The minimum Gasteiger partial charge on any atom is -0.489 e. The van der Waals surface area contributed by atoms with Crippen molar-refractivity contribution in [2.24, 2.45) is 0 Å². The Hall–Kier alpha value is -3.46. The second kappa shape index (κ2) is 7.00. The summed E-state index contributed by atoms with van der Waals surface area (Å²) < 4.78 is 5.75. The Labute approximate surface area is 133 Å². The molecule has 0 bridgehead atoms. The number of nitrogens with one attached hydrogen (secondary N) is 1. The SMILES string of the molecule is N#Cc1nccnc1Nc1cccc(OCc2cccnc2)c1. The van der Waals surface area contributed by atoms with Crippen LogP contribution in [0, 0.1) is 11.3 Å². The minimum absolute atomic E-state index is 0.245. The van der Waals surface area contributed by atoms with E-state index in [1.54, 1.807) is 12.4 Å². The zero-order chi connectivity index (χ0) is 15.9. The highest BCUT2D eigenvalue weighted by Crippen LogP contribution is 2.22. The van der Waals surface area contributed by atoms with E-state index >= 15 is 0 Å². The van der Waals surface area contributed by atoms with Crippen molar-refractivity contribution in [2.45, 2.75) is 6.61 Å². The van der Waals surface area contributed by atoms with E-state index in [0.29, 0.717) is 18.2 Å². The van der Waals surface area contributed by atoms with Crippen LogP contribution in [0.1, 0.15) is 11.3 Å². The maximum atomic E-state index is 9.04. The maximum Gasteiger partial charge on any atom is 0.183 e. The second-order valence-corrected chi connectivity index (χ2v) is 4.67. The molecule has 0 radical (unpaired) electrons. The molecule has 0 aliphatic heterocycles. The van der Waals surface area contributed by atoms with Crippen molar-refractivity contribution in [2.75, 3.05) is 5.32 Å². The fourth-order valence-corrected chi connectivity index (χ4v) is 1.96. The normalized spacial score (nSPS) is 9.87. The lowest BCUT2D eigenvalue weighted by Gasteiger charge is -2.09. The van der Waals surface area contributed by atoms with Crippen LogP contribution in [0.15, 0.2) is 61.2 Å². The zero-order valence-corrected chi connectivity index (χ0v) is 12.2. The molecule has 0 amide bonds. The van der Waals surface area contributed by atoms with Crippen LogP contribution >= 0.6 is 0 Å². The van der Waals surface area contributed by atoms with Gasteiger partial charge in [-0.3, -0.25) is 4.98 Å². The van der Waals surface area contributed by atoms with E-state index < -0.39 is 0 Å². The first-order chi connectivity index (χ1) is 11.3. The number of aromatic nitrogens is 3. The van der Waals surface area contributed by atoms with Crippen LogP contribution in [0.25, 0.3) is 0 Å². The van der Waals surface area contributed by atoms with Crippen molar-refractivity contribution < 1.29 is 4.74 Å². The number of ether oxygens (including phenoxy) is 1. The molecule has 0 saturated heterocycles. The fourth-order valence-electron chi connectivity index (χ4n) is 1.96. The molecule has 6 heteroatoms. The molecule has 1 N–H and O–H groups in total. The summed E-state index contributed by atoms with van der Waals surface area (Å²) in [5.74, 6) is 1.13. The molecule has 0 spiro atoms. The number of rotatable bonds is 5. The lowest BCUT2D eigenvalue weighted by Crippen LogP contribution is -1.99. The Morgan fingerprint density at radius 1 is 1.09 bits per heavy atom. The predicted octanol–water partition coefficient (Wildman–Crippen LogP) is 3.07. The van der Waals surface area contributed by atoms with E-state index in [9.17, 15) is 0 Å². The first-order valence-electron chi connectivity index (χ1n) is 6.95. The van der Waals surface area contributed by atoms with Crippen LogP contribution in [0.4, 0.5) is 11.5 Å². The summed E-state index contributed by atoms with van der Waals surface area (Å²) in [5, 5.41) is 12.1. The lowest BCUT2D eigenvalue weighted by molar-refractivity contribution is 0.306. The average molecular weight is 303 g/mol. The number of nitriles is 1. The third-order valence-electron chi connectivity index (χ3n) is 3.03. The highest BCUT2D eigenvalue weighted by Gasteiger charge is 2.05. The van der Waals surface area contributed by atoms with E-state index in [1.807, 2.05) is 42.5 Å². The third-order valence-corrected chi connectivity index (χ3v) is 3.03. The number of benzene rings is 1. The first kappa shape index (κ1) is 14.5. The van der Waals surface area contributed by atoms with Gasteiger partial charge in [0, 0.05) is 42.1 Å². The summed E-state index contributed by atoms with van der Waals surface area (Å²) in [6, 6.07) is 13.3. The van der Waals surface area contributed by atoms with E-state index in [1.165, 1.54) is 12.4 Å². The first-order valence-corrected chi connectivity index (χ1v) is 6.95. The van der Waals surface area contributed by atoms with Gasteiger partial charge < -0.3 is 10.1 Å². The summed E-state index contributed by atoms with van der Waals surface area (Å²) in [6.07, 6.45) is 6.51. The molecule has 23 heavy (non-hydrogen) atoms. The van der Waals surface area contributed by atoms with Gasteiger partial charge in [0.25, 0.3) is 0 Å².